The van der Waals surface area contributed by atoms with Crippen molar-refractivity contribution in [1.82, 2.24) is 9.62 Å². The van der Waals surface area contributed by atoms with Crippen LogP contribution in [0.2, 0.25) is 0 Å². The summed E-state index contributed by atoms with van der Waals surface area (Å²) in [7, 11) is -0.521. The van der Waals surface area contributed by atoms with Crippen molar-refractivity contribution in [2.24, 2.45) is 5.41 Å². The van der Waals surface area contributed by atoms with Crippen molar-refractivity contribution in [3.63, 3.8) is 0 Å². The molecular weight excluding hydrogens is 382 g/mol. The summed E-state index contributed by atoms with van der Waals surface area (Å²) in [5.74, 6) is -1.20. The molecule has 0 aliphatic carbocycles. The Kier molecular flexibility index (Phi) is 6.63. The topological polar surface area (TPSA) is 49.4 Å². The van der Waals surface area contributed by atoms with Crippen LogP contribution in [-0.4, -0.2) is 26.8 Å². The summed E-state index contributed by atoms with van der Waals surface area (Å²) in [6.07, 6.45) is 0. The third-order valence-electron chi connectivity index (χ3n) is 4.71. The van der Waals surface area contributed by atoms with Crippen molar-refractivity contribution >= 4 is 10.0 Å². The summed E-state index contributed by atoms with van der Waals surface area (Å²) in [6.45, 7) is 7.86. The van der Waals surface area contributed by atoms with E-state index in [1.165, 1.54) is 26.2 Å². The Bertz CT molecular complexity index is 920. The Hall–Kier alpha value is -1.83. The lowest BCUT2D eigenvalue weighted by atomic mass is 9.81. The quantitative estimate of drug-likeness (QED) is 0.754. The van der Waals surface area contributed by atoms with E-state index in [9.17, 15) is 17.2 Å². The van der Waals surface area contributed by atoms with Crippen molar-refractivity contribution in [1.29, 1.82) is 0 Å². The minimum Gasteiger partial charge on any atom is -0.303 e. The summed E-state index contributed by atoms with van der Waals surface area (Å²) >= 11 is 0. The van der Waals surface area contributed by atoms with Crippen molar-refractivity contribution in [3.8, 4) is 0 Å². The van der Waals surface area contributed by atoms with Crippen molar-refractivity contribution < 1.29 is 17.2 Å². The second-order valence-electron chi connectivity index (χ2n) is 8.21. The molecule has 28 heavy (non-hydrogen) atoms. The fraction of sp³-hybridized carbons (Fsp3) is 0.429. The van der Waals surface area contributed by atoms with Gasteiger partial charge in [0.25, 0.3) is 0 Å². The second kappa shape index (κ2) is 8.27. The van der Waals surface area contributed by atoms with Gasteiger partial charge < -0.3 is 5.32 Å². The molecule has 2 rings (SSSR count). The van der Waals surface area contributed by atoms with Crippen molar-refractivity contribution in [2.45, 2.75) is 44.7 Å². The zero-order valence-electron chi connectivity index (χ0n) is 17.1. The van der Waals surface area contributed by atoms with Crippen LogP contribution in [0.3, 0.4) is 0 Å². The molecule has 2 aromatic carbocycles. The molecule has 0 aromatic heterocycles. The van der Waals surface area contributed by atoms with E-state index < -0.39 is 21.7 Å². The molecule has 1 N–H and O–H groups in total. The van der Waals surface area contributed by atoms with Crippen LogP contribution in [0, 0.1) is 17.0 Å². The first kappa shape index (κ1) is 22.5. The molecule has 0 spiro atoms. The van der Waals surface area contributed by atoms with Crippen molar-refractivity contribution in [2.75, 3.05) is 14.1 Å². The van der Waals surface area contributed by atoms with Gasteiger partial charge in [0.2, 0.25) is 10.0 Å². The van der Waals surface area contributed by atoms with Gasteiger partial charge in [-0.3, -0.25) is 0 Å². The summed E-state index contributed by atoms with van der Waals surface area (Å²) in [4.78, 5) is 0.213. The van der Waals surface area contributed by atoms with Crippen LogP contribution in [0.4, 0.5) is 8.78 Å². The first-order chi connectivity index (χ1) is 12.8. The number of sulfonamides is 1. The predicted molar refractivity (Wildman–Crippen MR) is 107 cm³/mol. The zero-order chi connectivity index (χ0) is 21.3. The SMILES string of the molecule is C[C@H](N[C@@H](c1ccc(F)cc1F)C(C)(C)C)c1ccc(S(=O)(=O)N(C)C)cc1. The molecule has 154 valence electrons. The van der Waals surface area contributed by atoms with Crippen LogP contribution in [-0.2, 0) is 10.0 Å². The number of nitrogens with one attached hydrogen (secondary N) is 1. The van der Waals surface area contributed by atoms with Crippen LogP contribution in [0.25, 0.3) is 0 Å². The molecule has 0 aliphatic rings. The Morgan fingerprint density at radius 1 is 1.00 bits per heavy atom. The molecule has 0 amide bonds. The van der Waals surface area contributed by atoms with E-state index in [4.69, 9.17) is 0 Å². The van der Waals surface area contributed by atoms with Gasteiger partial charge in [-0.1, -0.05) is 39.0 Å². The van der Waals surface area contributed by atoms with Gasteiger partial charge in [-0.25, -0.2) is 21.5 Å². The van der Waals surface area contributed by atoms with E-state index in [1.807, 2.05) is 27.7 Å². The molecule has 0 unspecified atom stereocenters. The van der Waals surface area contributed by atoms with E-state index in [0.717, 1.165) is 15.9 Å². The summed E-state index contributed by atoms with van der Waals surface area (Å²) in [5, 5.41) is 3.41. The van der Waals surface area contributed by atoms with Gasteiger partial charge in [0, 0.05) is 37.8 Å². The number of benzene rings is 2. The molecule has 0 bridgehead atoms. The largest absolute Gasteiger partial charge is 0.303 e. The highest BCUT2D eigenvalue weighted by atomic mass is 32.2. The first-order valence-electron chi connectivity index (χ1n) is 9.07. The molecule has 0 saturated carbocycles. The Morgan fingerprint density at radius 2 is 1.57 bits per heavy atom. The summed E-state index contributed by atoms with van der Waals surface area (Å²) in [5.41, 5.74) is 0.934. The normalized spacial score (nSPS) is 14.9. The monoisotopic (exact) mass is 410 g/mol. The number of hydrogen-bond donors (Lipinski definition) is 1. The lowest BCUT2D eigenvalue weighted by Crippen LogP contribution is -2.34. The van der Waals surface area contributed by atoms with E-state index in [2.05, 4.69) is 5.32 Å². The Balaban J connectivity index is 2.30. The van der Waals surface area contributed by atoms with Crippen LogP contribution in [0.1, 0.15) is 50.9 Å². The zero-order valence-corrected chi connectivity index (χ0v) is 17.9. The molecule has 4 nitrogen and oxygen atoms in total. The minimum atomic E-state index is -3.49. The molecule has 0 heterocycles. The molecular formula is C21H28F2N2O2S. The highest BCUT2D eigenvalue weighted by molar-refractivity contribution is 7.89. The molecule has 2 atom stereocenters. The molecule has 0 radical (unpaired) electrons. The standard InChI is InChI=1S/C21H28F2N2O2S/c1-14(15-7-10-17(11-8-15)28(26,27)25(5)6)24-20(21(2,3)4)18-12-9-16(22)13-19(18)23/h7-14,20,24H,1-6H3/t14-,20-/m0/s1. The molecule has 2 aromatic rings. The predicted octanol–water partition coefficient (Wildman–Crippen LogP) is 4.65. The summed E-state index contributed by atoms with van der Waals surface area (Å²) in [6, 6.07) is 9.68. The maximum Gasteiger partial charge on any atom is 0.242 e. The van der Waals surface area contributed by atoms with Gasteiger partial charge in [-0.05, 0) is 36.1 Å². The maximum atomic E-state index is 14.4. The van der Waals surface area contributed by atoms with Gasteiger partial charge in [0.1, 0.15) is 11.6 Å². The summed E-state index contributed by atoms with van der Waals surface area (Å²) < 4.78 is 53.3. The third kappa shape index (κ3) is 4.96. The average molecular weight is 411 g/mol. The first-order valence-corrected chi connectivity index (χ1v) is 10.5. The molecule has 0 saturated heterocycles. The van der Waals surface area contributed by atoms with Gasteiger partial charge in [-0.2, -0.15) is 0 Å². The van der Waals surface area contributed by atoms with Gasteiger partial charge in [0.15, 0.2) is 0 Å². The smallest absolute Gasteiger partial charge is 0.242 e. The molecule has 7 heteroatoms. The third-order valence-corrected chi connectivity index (χ3v) is 6.54. The number of rotatable bonds is 6. The van der Waals surface area contributed by atoms with Gasteiger partial charge in [-0.15, -0.1) is 0 Å². The average Bonchev–Trinajstić information content (AvgIpc) is 2.59. The number of hydrogen-bond acceptors (Lipinski definition) is 3. The van der Waals surface area contributed by atoms with Crippen LogP contribution >= 0.6 is 0 Å². The maximum absolute atomic E-state index is 14.4. The lowest BCUT2D eigenvalue weighted by Gasteiger charge is -2.35. The second-order valence-corrected chi connectivity index (χ2v) is 10.4. The lowest BCUT2D eigenvalue weighted by molar-refractivity contribution is 0.248. The number of nitrogens with zero attached hydrogens (tertiary/aromatic N) is 1. The van der Waals surface area contributed by atoms with Crippen LogP contribution in [0.5, 0.6) is 0 Å². The van der Waals surface area contributed by atoms with Crippen molar-refractivity contribution in [3.05, 3.63) is 65.2 Å². The van der Waals surface area contributed by atoms with Crippen LogP contribution in [0.15, 0.2) is 47.4 Å². The Labute approximate surface area is 166 Å². The fourth-order valence-electron chi connectivity index (χ4n) is 3.03. The minimum absolute atomic E-state index is 0.176. The van der Waals surface area contributed by atoms with E-state index in [1.54, 1.807) is 24.3 Å². The number of halogens is 2. The van der Waals surface area contributed by atoms with E-state index in [0.29, 0.717) is 5.56 Å². The van der Waals surface area contributed by atoms with Gasteiger partial charge in [0.05, 0.1) is 4.90 Å². The highest BCUT2D eigenvalue weighted by Crippen LogP contribution is 2.36. The van der Waals surface area contributed by atoms with E-state index >= 15 is 0 Å². The van der Waals surface area contributed by atoms with Gasteiger partial charge >= 0.3 is 0 Å². The Morgan fingerprint density at radius 3 is 2.04 bits per heavy atom. The van der Waals surface area contributed by atoms with Crippen LogP contribution < -0.4 is 5.32 Å². The molecule has 0 aliphatic heterocycles. The van der Waals surface area contributed by atoms with E-state index in [-0.39, 0.29) is 22.4 Å². The molecule has 0 fully saturated rings. The highest BCUT2D eigenvalue weighted by Gasteiger charge is 2.30. The fourth-order valence-corrected chi connectivity index (χ4v) is 3.93.